The van der Waals surface area contributed by atoms with Crippen LogP contribution in [0.1, 0.15) is 0 Å². The van der Waals surface area contributed by atoms with Gasteiger partial charge >= 0.3 is 5.63 Å². The summed E-state index contributed by atoms with van der Waals surface area (Å²) in [6, 6.07) is 17.8. The number of nitrogens with two attached hydrogens (primary N) is 1. The Morgan fingerprint density at radius 3 is 2.68 bits per heavy atom. The van der Waals surface area contributed by atoms with Gasteiger partial charge in [-0.15, -0.1) is 10.2 Å². The van der Waals surface area contributed by atoms with Gasteiger partial charge in [-0.2, -0.15) is 5.11 Å². The van der Waals surface area contributed by atoms with Crippen LogP contribution in [0, 0.1) is 0 Å². The van der Waals surface area contributed by atoms with Crippen molar-refractivity contribution in [1.29, 1.82) is 0 Å². The van der Waals surface area contributed by atoms with Crippen molar-refractivity contribution in [3.05, 3.63) is 77.3 Å². The molecule has 2 N–H and O–H groups in total. The van der Waals surface area contributed by atoms with Gasteiger partial charge in [0.2, 0.25) is 0 Å². The van der Waals surface area contributed by atoms with Crippen molar-refractivity contribution in [3.8, 4) is 17.0 Å². The van der Waals surface area contributed by atoms with Crippen molar-refractivity contribution < 1.29 is 9.15 Å². The SMILES string of the molecule is COc1ccc(N=Nc2c(N)nn3c(-c4cc5ccccc5oc4=O)ccnc23)cc1. The highest BCUT2D eigenvalue weighted by Gasteiger charge is 2.17. The molecule has 0 saturated carbocycles. The first-order chi connectivity index (χ1) is 15.1. The number of nitrogen functional groups attached to an aromatic ring is 1. The van der Waals surface area contributed by atoms with Crippen molar-refractivity contribution in [2.24, 2.45) is 10.2 Å². The molecule has 0 fully saturated rings. The maximum absolute atomic E-state index is 12.6. The number of rotatable bonds is 4. The fourth-order valence-corrected chi connectivity index (χ4v) is 3.25. The molecule has 2 aromatic carbocycles. The Hall–Kier alpha value is -4.53. The van der Waals surface area contributed by atoms with Crippen molar-refractivity contribution in [3.63, 3.8) is 0 Å². The van der Waals surface area contributed by atoms with Crippen molar-refractivity contribution in [1.82, 2.24) is 14.6 Å². The fourth-order valence-electron chi connectivity index (χ4n) is 3.25. The summed E-state index contributed by atoms with van der Waals surface area (Å²) in [4.78, 5) is 17.0. The number of benzene rings is 2. The monoisotopic (exact) mass is 412 g/mol. The molecule has 9 heteroatoms. The molecule has 0 radical (unpaired) electrons. The third kappa shape index (κ3) is 3.27. The van der Waals surface area contributed by atoms with Crippen LogP contribution in [-0.4, -0.2) is 21.7 Å². The third-order valence-corrected chi connectivity index (χ3v) is 4.78. The molecule has 3 heterocycles. The highest BCUT2D eigenvalue weighted by molar-refractivity contribution is 5.82. The highest BCUT2D eigenvalue weighted by atomic mass is 16.5. The van der Waals surface area contributed by atoms with E-state index in [4.69, 9.17) is 14.9 Å². The van der Waals surface area contributed by atoms with Gasteiger partial charge in [-0.1, -0.05) is 18.2 Å². The van der Waals surface area contributed by atoms with E-state index in [1.165, 1.54) is 4.52 Å². The molecule has 9 nitrogen and oxygen atoms in total. The molecule has 0 amide bonds. The molecule has 0 atom stereocenters. The summed E-state index contributed by atoms with van der Waals surface area (Å²) < 4.78 is 12.1. The van der Waals surface area contributed by atoms with Gasteiger partial charge in [-0.05, 0) is 42.5 Å². The predicted octanol–water partition coefficient (Wildman–Crippen LogP) is 4.51. The maximum Gasteiger partial charge on any atom is 0.345 e. The minimum absolute atomic E-state index is 0.141. The number of methoxy groups -OCH3 is 1. The van der Waals surface area contributed by atoms with E-state index in [1.807, 2.05) is 18.2 Å². The molecular weight excluding hydrogens is 396 g/mol. The first-order valence-corrected chi connectivity index (χ1v) is 9.36. The van der Waals surface area contributed by atoms with Gasteiger partial charge in [-0.25, -0.2) is 14.3 Å². The van der Waals surface area contributed by atoms with Gasteiger partial charge in [0.15, 0.2) is 17.2 Å². The summed E-state index contributed by atoms with van der Waals surface area (Å²) in [5.41, 5.74) is 8.24. The highest BCUT2D eigenvalue weighted by Crippen LogP contribution is 2.31. The molecule has 5 rings (SSSR count). The smallest absolute Gasteiger partial charge is 0.345 e. The van der Waals surface area contributed by atoms with Gasteiger partial charge in [0, 0.05) is 11.6 Å². The number of hydrogen-bond acceptors (Lipinski definition) is 8. The second-order valence-electron chi connectivity index (χ2n) is 6.68. The van der Waals surface area contributed by atoms with Crippen molar-refractivity contribution >= 4 is 33.8 Å². The van der Waals surface area contributed by atoms with Crippen LogP contribution in [-0.2, 0) is 0 Å². The Labute approximate surface area is 175 Å². The summed E-state index contributed by atoms with van der Waals surface area (Å²) in [5, 5.41) is 13.6. The first kappa shape index (κ1) is 18.5. The molecule has 5 aromatic rings. The minimum Gasteiger partial charge on any atom is -0.497 e. The lowest BCUT2D eigenvalue weighted by Gasteiger charge is -2.04. The number of hydrogen-bond donors (Lipinski definition) is 1. The van der Waals surface area contributed by atoms with Gasteiger partial charge < -0.3 is 14.9 Å². The molecule has 0 aliphatic rings. The number of azo groups is 1. The normalized spacial score (nSPS) is 11.5. The molecule has 152 valence electrons. The summed E-state index contributed by atoms with van der Waals surface area (Å²) >= 11 is 0. The molecular formula is C22H16N6O3. The zero-order valence-electron chi connectivity index (χ0n) is 16.4. The van der Waals surface area contributed by atoms with E-state index in [-0.39, 0.29) is 5.82 Å². The molecule has 0 saturated heterocycles. The predicted molar refractivity (Wildman–Crippen MR) is 116 cm³/mol. The molecule has 0 bridgehead atoms. The lowest BCUT2D eigenvalue weighted by atomic mass is 10.1. The topological polar surface area (TPSA) is 120 Å². The van der Waals surface area contributed by atoms with Crippen LogP contribution in [0.4, 0.5) is 17.2 Å². The van der Waals surface area contributed by atoms with Crippen molar-refractivity contribution in [2.45, 2.75) is 0 Å². The Balaban J connectivity index is 1.62. The van der Waals surface area contributed by atoms with Crippen molar-refractivity contribution in [2.75, 3.05) is 12.8 Å². The fraction of sp³-hybridized carbons (Fsp3) is 0.0455. The van der Waals surface area contributed by atoms with Gasteiger partial charge in [0.1, 0.15) is 11.3 Å². The average Bonchev–Trinajstić information content (AvgIpc) is 3.12. The van der Waals surface area contributed by atoms with Crippen LogP contribution in [0.15, 0.2) is 86.3 Å². The van der Waals surface area contributed by atoms with Gasteiger partial charge in [0.05, 0.1) is 24.1 Å². The third-order valence-electron chi connectivity index (χ3n) is 4.78. The molecule has 0 unspecified atom stereocenters. The molecule has 31 heavy (non-hydrogen) atoms. The summed E-state index contributed by atoms with van der Waals surface area (Å²) in [6.45, 7) is 0. The zero-order chi connectivity index (χ0) is 21.4. The van der Waals surface area contributed by atoms with Crippen LogP contribution < -0.4 is 16.1 Å². The molecule has 0 aliphatic heterocycles. The number of para-hydroxylation sites is 1. The number of anilines is 1. The number of ether oxygens (including phenoxy) is 1. The van der Waals surface area contributed by atoms with Gasteiger partial charge in [-0.3, -0.25) is 0 Å². The second kappa shape index (κ2) is 7.38. The number of fused-ring (bicyclic) bond motifs is 2. The largest absolute Gasteiger partial charge is 0.497 e. The second-order valence-corrected chi connectivity index (χ2v) is 6.68. The van der Waals surface area contributed by atoms with E-state index in [9.17, 15) is 4.79 Å². The van der Waals surface area contributed by atoms with E-state index in [0.29, 0.717) is 33.9 Å². The Bertz CT molecular complexity index is 1500. The zero-order valence-corrected chi connectivity index (χ0v) is 16.4. The lowest BCUT2D eigenvalue weighted by molar-refractivity contribution is 0.415. The Kier molecular flexibility index (Phi) is 4.40. The van der Waals surface area contributed by atoms with Crippen LogP contribution in [0.5, 0.6) is 5.75 Å². The van der Waals surface area contributed by atoms with E-state index < -0.39 is 5.63 Å². The van der Waals surface area contributed by atoms with Crippen LogP contribution in [0.25, 0.3) is 27.9 Å². The maximum atomic E-state index is 12.6. The standard InChI is InChI=1S/C22H16N6O3/c1-30-15-8-6-14(7-9-15)25-26-19-20(23)27-28-17(10-11-24-21(19)28)16-12-13-4-2-3-5-18(13)31-22(16)29/h2-12H,1H3,(H2,23,27). The molecule has 3 aromatic heterocycles. The van der Waals surface area contributed by atoms with Crippen LogP contribution >= 0.6 is 0 Å². The van der Waals surface area contributed by atoms with Crippen LogP contribution in [0.2, 0.25) is 0 Å². The quantitative estimate of drug-likeness (QED) is 0.342. The van der Waals surface area contributed by atoms with E-state index >= 15 is 0 Å². The van der Waals surface area contributed by atoms with Crippen LogP contribution in [0.3, 0.4) is 0 Å². The summed E-state index contributed by atoms with van der Waals surface area (Å²) in [7, 11) is 1.59. The summed E-state index contributed by atoms with van der Waals surface area (Å²) in [5.74, 6) is 0.859. The first-order valence-electron chi connectivity index (χ1n) is 9.36. The molecule has 0 aliphatic carbocycles. The number of nitrogens with zero attached hydrogens (tertiary/aromatic N) is 5. The molecule has 0 spiro atoms. The lowest BCUT2D eigenvalue weighted by Crippen LogP contribution is -2.07. The number of aromatic nitrogens is 3. The Morgan fingerprint density at radius 2 is 1.87 bits per heavy atom. The summed E-state index contributed by atoms with van der Waals surface area (Å²) in [6.07, 6.45) is 1.56. The van der Waals surface area contributed by atoms with E-state index in [2.05, 4.69) is 20.3 Å². The average molecular weight is 412 g/mol. The van der Waals surface area contributed by atoms with E-state index in [0.717, 1.165) is 11.1 Å². The van der Waals surface area contributed by atoms with E-state index in [1.54, 1.807) is 55.8 Å². The van der Waals surface area contributed by atoms with Gasteiger partial charge in [0.25, 0.3) is 0 Å². The Morgan fingerprint density at radius 1 is 1.06 bits per heavy atom. The minimum atomic E-state index is -0.485.